The molecule has 19 nitrogen and oxygen atoms in total. The highest BCUT2D eigenvalue weighted by molar-refractivity contribution is 9.11. The molecule has 12 aromatic rings. The van der Waals surface area contributed by atoms with Crippen LogP contribution < -0.4 is 21.7 Å². The van der Waals surface area contributed by atoms with E-state index >= 15 is 0 Å². The van der Waals surface area contributed by atoms with Crippen molar-refractivity contribution < 1.29 is 23.7 Å². The van der Waals surface area contributed by atoms with E-state index in [9.17, 15) is 0 Å². The number of fused-ring (bicyclic) bond motifs is 8. The van der Waals surface area contributed by atoms with Crippen molar-refractivity contribution in [3.63, 3.8) is 0 Å². The minimum atomic E-state index is -0.599. The van der Waals surface area contributed by atoms with Gasteiger partial charge >= 0.3 is 0 Å². The first-order valence-electron chi connectivity index (χ1n) is 39.8. The molecule has 0 bridgehead atoms. The fourth-order valence-electron chi connectivity index (χ4n) is 15.3. The number of benzene rings is 4. The molecular formula is C93H118Br3Cl3N14O5. The molecule has 8 atom stereocenters. The predicted octanol–water partition coefficient (Wildman–Crippen LogP) is 25.1. The normalized spacial score (nSPS) is 21.8. The molecule has 9 aliphatic rings. The third-order valence-electron chi connectivity index (χ3n) is 22.1. The van der Waals surface area contributed by atoms with Gasteiger partial charge in [0.05, 0.1) is 57.1 Å². The molecule has 0 unspecified atom stereocenters. The maximum atomic E-state index is 6.46. The lowest BCUT2D eigenvalue weighted by atomic mass is 9.95. The van der Waals surface area contributed by atoms with Gasteiger partial charge in [0.25, 0.3) is 0 Å². The number of ether oxygens (including phenoxy) is 5. The van der Waals surface area contributed by atoms with Gasteiger partial charge in [-0.2, -0.15) is 0 Å². The van der Waals surface area contributed by atoms with Crippen LogP contribution in [0.25, 0.3) is 65.7 Å². The van der Waals surface area contributed by atoms with Crippen LogP contribution in [0.15, 0.2) is 185 Å². The van der Waals surface area contributed by atoms with Crippen molar-refractivity contribution in [2.45, 2.75) is 203 Å². The van der Waals surface area contributed by atoms with Crippen LogP contribution in [0.3, 0.4) is 0 Å². The first kappa shape index (κ1) is 93.2. The zero-order valence-corrected chi connectivity index (χ0v) is 71.3. The van der Waals surface area contributed by atoms with E-state index in [1.54, 1.807) is 6.07 Å². The maximum Gasteiger partial charge on any atom is 0.163 e. The largest absolute Gasteiger partial charge is 0.381 e. The number of aryl methyl sites for hydroxylation is 1. The Hall–Kier alpha value is -7.03. The van der Waals surface area contributed by atoms with Crippen LogP contribution in [0.4, 0.5) is 17.5 Å². The van der Waals surface area contributed by atoms with Crippen molar-refractivity contribution in [2.24, 2.45) is 41.2 Å². The Bertz CT molecular complexity index is 5150. The third-order valence-corrected chi connectivity index (χ3v) is 24.4. The highest BCUT2D eigenvalue weighted by Gasteiger charge is 2.55. The molecule has 632 valence electrons. The summed E-state index contributed by atoms with van der Waals surface area (Å²) >= 11 is 28.5. The quantitative estimate of drug-likeness (QED) is 0.0401. The number of nitrogens with two attached hydrogens (primary N) is 1. The van der Waals surface area contributed by atoms with Gasteiger partial charge in [-0.1, -0.05) is 156 Å². The summed E-state index contributed by atoms with van der Waals surface area (Å²) in [6.07, 6.45) is 26.5. The van der Waals surface area contributed by atoms with Crippen LogP contribution in [0.1, 0.15) is 166 Å². The second kappa shape index (κ2) is 42.2. The smallest absolute Gasteiger partial charge is 0.163 e. The Morgan fingerprint density at radius 3 is 1.28 bits per heavy atom. The number of anilines is 3. The second-order valence-electron chi connectivity index (χ2n) is 31.9. The summed E-state index contributed by atoms with van der Waals surface area (Å²) in [5.74, 6) is 5.91. The minimum absolute atomic E-state index is 0. The standard InChI is InChI=1S/C29H32ClN5O2.C16H18ClN3O2.2C13H13BrN2.C9H5BrClN.C4H9N.C4H8O.5CH4/c1-29(2)36-25-20(14-23(26(25)37-29)35-12-11-21-27(30)32-16-33-28(21)35)8-6-17-5-7-19-9-10-24(34-22(19)13-17)31-15-18-3-4-18;1-4-9-7-11(13-12(9)21-16(2,3)22-13)20-6-5-10-14(17)18-8-19-15(10)20;2*14-11-5-3-10-4-6-13(16-12(10)7-11)15-8-9-1-2-9;10-7-3-1-6-2-4-9(11)12-8(6)5-7;5-3-4-1-2-4;1-2-4-5-3-1;;;;;/h5,7,9-13,16,18,20,23,25-26H,3-4,6,8,14-15H2,1-2H3,(H,31,34);4-6,8-9,11-13H,1,7H2,2-3H3;2*3-7,9H,1-2,8H2,(H,15,16);1-5H;4H,1-3,5H2;1-4H2;5*1H4/t20-,23+,25+,26-;9-,11+,12+,13-;;;;;;;;;;/m00........../s1. The van der Waals surface area contributed by atoms with Crippen LogP contribution in [0, 0.1) is 35.5 Å². The van der Waals surface area contributed by atoms with Crippen LogP contribution in [0.2, 0.25) is 15.5 Å². The Morgan fingerprint density at radius 2 is 0.864 bits per heavy atom. The number of hydrogen-bond acceptors (Lipinski definition) is 17. The summed E-state index contributed by atoms with van der Waals surface area (Å²) in [5.41, 5.74) is 12.3. The lowest BCUT2D eigenvalue weighted by Gasteiger charge is -2.24. The highest BCUT2D eigenvalue weighted by Crippen LogP contribution is 2.51. The summed E-state index contributed by atoms with van der Waals surface area (Å²) in [7, 11) is 0. The van der Waals surface area contributed by atoms with Crippen molar-refractivity contribution in [3.8, 4) is 0 Å². The van der Waals surface area contributed by atoms with Crippen LogP contribution in [-0.2, 0) is 30.1 Å². The van der Waals surface area contributed by atoms with Crippen LogP contribution in [-0.4, -0.2) is 124 Å². The number of nitrogens with one attached hydrogen (secondary N) is 3. The topological polar surface area (TPSA) is 221 Å². The molecule has 11 heterocycles. The average Bonchev–Trinajstić information content (AvgIpc) is 1.59. The zero-order valence-electron chi connectivity index (χ0n) is 64.2. The van der Waals surface area contributed by atoms with E-state index in [4.69, 9.17) is 69.2 Å². The number of pyridine rings is 4. The number of nitrogens with zero attached hydrogens (tertiary/aromatic N) is 10. The van der Waals surface area contributed by atoms with Gasteiger partial charge in [-0.3, -0.25) is 0 Å². The van der Waals surface area contributed by atoms with Gasteiger partial charge in [0.1, 0.15) is 69.1 Å². The van der Waals surface area contributed by atoms with Crippen molar-refractivity contribution in [2.75, 3.05) is 55.3 Å². The molecule has 0 spiro atoms. The molecule has 4 aromatic carbocycles. The predicted molar refractivity (Wildman–Crippen MR) is 500 cm³/mol. The van der Waals surface area contributed by atoms with Crippen molar-refractivity contribution in [3.05, 3.63) is 206 Å². The summed E-state index contributed by atoms with van der Waals surface area (Å²) in [6, 6.07) is 45.5. The van der Waals surface area contributed by atoms with E-state index in [0.717, 1.165) is 169 Å². The van der Waals surface area contributed by atoms with Crippen molar-refractivity contribution in [1.82, 2.24) is 49.0 Å². The van der Waals surface area contributed by atoms with Gasteiger partial charge in [0.15, 0.2) is 11.6 Å². The van der Waals surface area contributed by atoms with Gasteiger partial charge in [0.2, 0.25) is 0 Å². The Labute approximate surface area is 737 Å². The molecule has 25 heteroatoms. The Morgan fingerprint density at radius 1 is 0.475 bits per heavy atom. The summed E-state index contributed by atoms with van der Waals surface area (Å²) < 4.78 is 37.6. The number of halogens is 6. The van der Waals surface area contributed by atoms with Gasteiger partial charge in [-0.25, -0.2) is 39.9 Å². The fraction of sp³-hybridized carbons (Fsp3) is 0.462. The first-order chi connectivity index (χ1) is 54.7. The van der Waals surface area contributed by atoms with E-state index in [-0.39, 0.29) is 79.6 Å². The zero-order chi connectivity index (χ0) is 78.3. The fourth-order valence-corrected chi connectivity index (χ4v) is 16.9. The lowest BCUT2D eigenvalue weighted by molar-refractivity contribution is -0.160. The van der Waals surface area contributed by atoms with Crippen LogP contribution >= 0.6 is 82.6 Å². The van der Waals surface area contributed by atoms with Crippen molar-refractivity contribution in [1.29, 1.82) is 0 Å². The molecule has 0 amide bonds. The number of hydrogen-bond donors (Lipinski definition) is 4. The Kier molecular flexibility index (Phi) is 33.3. The molecule has 5 N–H and O–H groups in total. The van der Waals surface area contributed by atoms with Gasteiger partial charge in [0, 0.05) is 86.1 Å². The molecule has 3 aliphatic heterocycles. The van der Waals surface area contributed by atoms with E-state index in [1.165, 1.54) is 98.6 Å². The molecule has 3 saturated heterocycles. The van der Waals surface area contributed by atoms with E-state index in [1.807, 2.05) is 88.5 Å². The summed E-state index contributed by atoms with van der Waals surface area (Å²) in [5, 5.41) is 18.1. The van der Waals surface area contributed by atoms with E-state index in [2.05, 4.69) is 199 Å². The number of aromatic nitrogens is 10. The molecule has 6 aliphatic carbocycles. The molecule has 0 radical (unpaired) electrons. The van der Waals surface area contributed by atoms with Gasteiger partial charge < -0.3 is 54.5 Å². The molecule has 118 heavy (non-hydrogen) atoms. The SMILES string of the molecule is Brc1ccc2ccc(NCC3CC3)nc2c1.Brc1ccc2ccc(NCC3CC3)nc2c1.C.C.C.C.C.C1CCOC1.C=C[C@H]1C[C@@H](n2ccc3c(Cl)ncnc32)[C@@H]2OC(C)(C)O[C@@H]21.CC1(C)O[C@@H]2[C@@H](CCc3ccc4ccc(NCC5CC5)nc4c3)C[C@@H](n3ccc4c(Cl)ncnc43)[C@@H]2O1.Clc1ccc2ccc(Br)cc2n1.NCC1CC1. The highest BCUT2D eigenvalue weighted by atomic mass is 79.9. The molecule has 21 rings (SSSR count). The van der Waals surface area contributed by atoms with E-state index < -0.39 is 11.6 Å². The average molecular weight is 1860 g/mol. The van der Waals surface area contributed by atoms with E-state index in [0.29, 0.717) is 21.4 Å². The van der Waals surface area contributed by atoms with Gasteiger partial charge in [-0.15, -0.1) is 6.58 Å². The Balaban J connectivity index is 0.000000156. The second-order valence-corrected chi connectivity index (χ2v) is 35.8. The molecule has 6 saturated carbocycles. The first-order valence-corrected chi connectivity index (χ1v) is 43.3. The summed E-state index contributed by atoms with van der Waals surface area (Å²) in [6.45, 7) is 17.9. The lowest BCUT2D eigenvalue weighted by Crippen LogP contribution is -2.27. The molecular weight excluding hydrogens is 1740 g/mol. The van der Waals surface area contributed by atoms with Crippen molar-refractivity contribution >= 4 is 166 Å². The van der Waals surface area contributed by atoms with Crippen LogP contribution in [0.5, 0.6) is 0 Å². The molecule has 9 fully saturated rings. The maximum absolute atomic E-state index is 6.46. The minimum Gasteiger partial charge on any atom is -0.381 e. The number of rotatable bonds is 16. The molecule has 8 aromatic heterocycles. The monoisotopic (exact) mass is 1850 g/mol. The summed E-state index contributed by atoms with van der Waals surface area (Å²) in [4.78, 5) is 35.4. The van der Waals surface area contributed by atoms with Gasteiger partial charge in [-0.05, 0) is 262 Å². The third kappa shape index (κ3) is 24.4.